The van der Waals surface area contributed by atoms with E-state index in [4.69, 9.17) is 15.0 Å². The topological polar surface area (TPSA) is 38.7 Å². The first-order chi connectivity index (χ1) is 27.1. The summed E-state index contributed by atoms with van der Waals surface area (Å²) in [6.45, 7) is 2.25. The van der Waals surface area contributed by atoms with E-state index in [-0.39, 0.29) is 5.92 Å². The summed E-state index contributed by atoms with van der Waals surface area (Å²) in [6.07, 6.45) is 24.4. The number of fused-ring (bicyclic) bond motifs is 6. The van der Waals surface area contributed by atoms with Crippen molar-refractivity contribution in [3.63, 3.8) is 0 Å². The number of aromatic nitrogens is 3. The van der Waals surface area contributed by atoms with E-state index >= 15 is 0 Å². The molecule has 2 atom stereocenters. The Morgan fingerprint density at radius 1 is 0.436 bits per heavy atom. The number of hydrogen-bond acceptors (Lipinski definition) is 3. The maximum atomic E-state index is 5.18. The molecule has 10 rings (SSSR count). The fraction of sp³-hybridized carbons (Fsp3) is 0.135. The number of hydrogen-bond donors (Lipinski definition) is 0. The molecule has 7 aromatic rings. The first-order valence-electron chi connectivity index (χ1n) is 19.6. The summed E-state index contributed by atoms with van der Waals surface area (Å²) in [5.74, 6) is 2.82. The number of allylic oxidation sites excluding steroid dienone is 12. The molecule has 1 aromatic heterocycles. The number of rotatable bonds is 6. The van der Waals surface area contributed by atoms with Crippen LogP contribution in [0.1, 0.15) is 61.3 Å². The van der Waals surface area contributed by atoms with Crippen LogP contribution >= 0.6 is 0 Å². The van der Waals surface area contributed by atoms with Crippen molar-refractivity contribution in [2.75, 3.05) is 0 Å². The standard InChI is InChI=1S/C52H41N3/c1-34-14-12-21-40(28-34)51-53-50(36-17-6-3-7-18-36)54-52(55-51)43-31-41(35-15-4-2-5-16-35)30-42(32-43)38-20-13-19-37(29-38)39-26-27-48-46-24-9-8-22-44(46)45-23-10-11-25-47(45)49(48)33-39/h2,4-6,8-13,15-18,20-34,37H,3,7,14,19H2,1H3/t34-,37?/m0/s1. The van der Waals surface area contributed by atoms with Crippen molar-refractivity contribution in [2.45, 2.75) is 38.5 Å². The minimum atomic E-state index is 0.242. The van der Waals surface area contributed by atoms with Crippen LogP contribution < -0.4 is 0 Å². The van der Waals surface area contributed by atoms with Gasteiger partial charge in [0.2, 0.25) is 0 Å². The van der Waals surface area contributed by atoms with Gasteiger partial charge in [0.05, 0.1) is 0 Å². The summed E-state index contributed by atoms with van der Waals surface area (Å²) in [5, 5.41) is 7.83. The molecule has 3 aliphatic carbocycles. The van der Waals surface area contributed by atoms with Crippen LogP contribution in [0, 0.1) is 5.92 Å². The van der Waals surface area contributed by atoms with Gasteiger partial charge < -0.3 is 0 Å². The SMILES string of the molecule is C[C@@H]1C=C(c2nc(C3=CCCC=C3)nc(-c3cc(C4=CC(c5ccc6c7ccccc7c7ccccc7c6c5)CC=C4)cc(-c4ccccc4)c3)n2)C=CC1. The Labute approximate surface area is 322 Å². The summed E-state index contributed by atoms with van der Waals surface area (Å²) in [5.41, 5.74) is 9.09. The van der Waals surface area contributed by atoms with Gasteiger partial charge in [0.1, 0.15) is 0 Å². The van der Waals surface area contributed by atoms with Gasteiger partial charge in [0.25, 0.3) is 0 Å². The highest BCUT2D eigenvalue weighted by Crippen LogP contribution is 2.40. The zero-order valence-corrected chi connectivity index (χ0v) is 31.0. The Bertz CT molecular complexity index is 2800. The van der Waals surface area contributed by atoms with Crippen molar-refractivity contribution >= 4 is 49.0 Å². The van der Waals surface area contributed by atoms with Crippen LogP contribution in [0.15, 0.2) is 170 Å². The Hall–Kier alpha value is -6.45. The van der Waals surface area contributed by atoms with Crippen molar-refractivity contribution in [1.82, 2.24) is 15.0 Å². The molecule has 0 fully saturated rings. The molecule has 1 unspecified atom stereocenters. The van der Waals surface area contributed by atoms with E-state index in [0.717, 1.165) is 70.7 Å². The molecule has 0 spiro atoms. The third-order valence-electron chi connectivity index (χ3n) is 11.3. The van der Waals surface area contributed by atoms with Gasteiger partial charge in [0.15, 0.2) is 17.5 Å². The zero-order chi connectivity index (χ0) is 36.7. The monoisotopic (exact) mass is 707 g/mol. The van der Waals surface area contributed by atoms with E-state index in [1.807, 2.05) is 0 Å². The van der Waals surface area contributed by atoms with Gasteiger partial charge >= 0.3 is 0 Å². The molecule has 3 aliphatic rings. The summed E-state index contributed by atoms with van der Waals surface area (Å²) in [4.78, 5) is 15.4. The molecular weight excluding hydrogens is 667 g/mol. The molecule has 0 bridgehead atoms. The van der Waals surface area contributed by atoms with Crippen LogP contribution in [0.3, 0.4) is 0 Å². The van der Waals surface area contributed by atoms with Gasteiger partial charge in [-0.1, -0.05) is 153 Å². The molecule has 264 valence electrons. The van der Waals surface area contributed by atoms with E-state index in [0.29, 0.717) is 11.7 Å². The second-order valence-electron chi connectivity index (χ2n) is 15.1. The lowest BCUT2D eigenvalue weighted by atomic mass is 9.84. The summed E-state index contributed by atoms with van der Waals surface area (Å²) < 4.78 is 0. The van der Waals surface area contributed by atoms with Crippen LogP contribution in [-0.4, -0.2) is 15.0 Å². The van der Waals surface area contributed by atoms with E-state index in [1.54, 1.807) is 0 Å². The van der Waals surface area contributed by atoms with E-state index in [9.17, 15) is 0 Å². The van der Waals surface area contributed by atoms with Gasteiger partial charge in [-0.05, 0) is 116 Å². The molecule has 0 amide bonds. The molecule has 6 aromatic carbocycles. The first-order valence-corrected chi connectivity index (χ1v) is 19.6. The predicted octanol–water partition coefficient (Wildman–Crippen LogP) is 13.5. The van der Waals surface area contributed by atoms with Crippen LogP contribution in [0.25, 0.3) is 71.6 Å². The molecular formula is C52H41N3. The Morgan fingerprint density at radius 2 is 1.04 bits per heavy atom. The third kappa shape index (κ3) is 6.36. The summed E-state index contributed by atoms with van der Waals surface area (Å²) in [7, 11) is 0. The average molecular weight is 708 g/mol. The Morgan fingerprint density at radius 3 is 1.76 bits per heavy atom. The lowest BCUT2D eigenvalue weighted by Crippen LogP contribution is -2.07. The molecule has 0 radical (unpaired) electrons. The molecule has 1 heterocycles. The van der Waals surface area contributed by atoms with Gasteiger partial charge in [0, 0.05) is 22.6 Å². The van der Waals surface area contributed by atoms with Gasteiger partial charge in [-0.3, -0.25) is 0 Å². The largest absolute Gasteiger partial charge is 0.208 e. The fourth-order valence-corrected chi connectivity index (χ4v) is 8.51. The highest BCUT2D eigenvalue weighted by Gasteiger charge is 2.20. The van der Waals surface area contributed by atoms with E-state index in [1.165, 1.54) is 43.5 Å². The predicted molar refractivity (Wildman–Crippen MR) is 231 cm³/mol. The molecule has 55 heavy (non-hydrogen) atoms. The smallest absolute Gasteiger partial charge is 0.164 e. The highest BCUT2D eigenvalue weighted by atomic mass is 15.0. The fourth-order valence-electron chi connectivity index (χ4n) is 8.51. The van der Waals surface area contributed by atoms with Crippen molar-refractivity contribution in [3.8, 4) is 22.5 Å². The molecule has 0 saturated carbocycles. The minimum absolute atomic E-state index is 0.242. The highest BCUT2D eigenvalue weighted by molar-refractivity contribution is 6.25. The van der Waals surface area contributed by atoms with Gasteiger partial charge in [-0.2, -0.15) is 0 Å². The number of benzene rings is 6. The van der Waals surface area contributed by atoms with Crippen LogP contribution in [-0.2, 0) is 0 Å². The normalized spacial score (nSPS) is 18.1. The van der Waals surface area contributed by atoms with Crippen LogP contribution in [0.2, 0.25) is 0 Å². The maximum absolute atomic E-state index is 5.18. The average Bonchev–Trinajstić information content (AvgIpc) is 3.26. The number of nitrogens with zero attached hydrogens (tertiary/aromatic N) is 3. The van der Waals surface area contributed by atoms with Crippen molar-refractivity contribution in [3.05, 3.63) is 193 Å². The van der Waals surface area contributed by atoms with E-state index in [2.05, 4.69) is 177 Å². The molecule has 3 nitrogen and oxygen atoms in total. The van der Waals surface area contributed by atoms with Crippen LogP contribution in [0.4, 0.5) is 0 Å². The second-order valence-corrected chi connectivity index (χ2v) is 15.1. The first kappa shape index (κ1) is 33.1. The minimum Gasteiger partial charge on any atom is -0.208 e. The molecule has 0 aliphatic heterocycles. The quantitative estimate of drug-likeness (QED) is 0.162. The maximum Gasteiger partial charge on any atom is 0.164 e. The Balaban J connectivity index is 1.11. The lowest BCUT2D eigenvalue weighted by Gasteiger charge is -2.20. The zero-order valence-electron chi connectivity index (χ0n) is 31.0. The Kier molecular flexibility index (Phi) is 8.48. The summed E-state index contributed by atoms with van der Waals surface area (Å²) in [6, 6.07) is 42.2. The molecule has 0 saturated heterocycles. The van der Waals surface area contributed by atoms with Crippen molar-refractivity contribution in [1.29, 1.82) is 0 Å². The van der Waals surface area contributed by atoms with Crippen molar-refractivity contribution < 1.29 is 0 Å². The van der Waals surface area contributed by atoms with Gasteiger partial charge in [-0.25, -0.2) is 15.0 Å². The lowest BCUT2D eigenvalue weighted by molar-refractivity contribution is 0.738. The van der Waals surface area contributed by atoms with E-state index < -0.39 is 0 Å². The molecule has 0 N–H and O–H groups in total. The van der Waals surface area contributed by atoms with Gasteiger partial charge in [-0.15, -0.1) is 0 Å². The second kappa shape index (κ2) is 14.1. The third-order valence-corrected chi connectivity index (χ3v) is 11.3. The summed E-state index contributed by atoms with van der Waals surface area (Å²) >= 11 is 0. The van der Waals surface area contributed by atoms with Crippen molar-refractivity contribution in [2.24, 2.45) is 5.92 Å². The van der Waals surface area contributed by atoms with Crippen LogP contribution in [0.5, 0.6) is 0 Å². The molecule has 3 heteroatoms.